The van der Waals surface area contributed by atoms with Crippen LogP contribution in [0, 0.1) is 0 Å². The van der Waals surface area contributed by atoms with Gasteiger partial charge in [0.05, 0.1) is 12.0 Å². The maximum Gasteiger partial charge on any atom is 0.143 e. The van der Waals surface area contributed by atoms with Gasteiger partial charge in [0, 0.05) is 10.9 Å². The molecule has 2 aromatic rings. The average molecular weight is 375 g/mol. The predicted octanol–water partition coefficient (Wildman–Crippen LogP) is 4.61. The third-order valence-corrected chi connectivity index (χ3v) is 4.83. The number of hydrogen-bond acceptors (Lipinski definition) is 3. The summed E-state index contributed by atoms with van der Waals surface area (Å²) in [4.78, 5) is 12.2. The Bertz CT molecular complexity index is 709. The molecule has 0 spiro atoms. The first-order valence-corrected chi connectivity index (χ1v) is 8.65. The number of ketones is 1. The lowest BCUT2D eigenvalue weighted by atomic mass is 9.89. The van der Waals surface area contributed by atoms with Crippen LogP contribution in [0.4, 0.5) is 0 Å². The molecule has 0 heterocycles. The fourth-order valence-corrected chi connectivity index (χ4v) is 3.36. The third-order valence-electron chi connectivity index (χ3n) is 4.30. The van der Waals surface area contributed by atoms with E-state index in [2.05, 4.69) is 22.9 Å². The van der Waals surface area contributed by atoms with Crippen molar-refractivity contribution in [2.45, 2.75) is 38.2 Å². The largest absolute Gasteiger partial charge is 0.457 e. The molecule has 1 aliphatic carbocycles. The van der Waals surface area contributed by atoms with Crippen molar-refractivity contribution in [1.82, 2.24) is 0 Å². The van der Waals surface area contributed by atoms with Crippen LogP contribution in [0.5, 0.6) is 11.5 Å². The summed E-state index contributed by atoms with van der Waals surface area (Å²) in [6.45, 7) is 2.06. The Morgan fingerprint density at radius 1 is 1.17 bits per heavy atom. The van der Waals surface area contributed by atoms with Crippen molar-refractivity contribution in [2.75, 3.05) is 0 Å². The van der Waals surface area contributed by atoms with E-state index in [1.807, 2.05) is 42.5 Å². The number of carbonyl (C=O) groups is 1. The summed E-state index contributed by atoms with van der Waals surface area (Å²) in [5.41, 5.74) is 1.99. The van der Waals surface area contributed by atoms with Crippen LogP contribution in [0.2, 0.25) is 0 Å². The summed E-state index contributed by atoms with van der Waals surface area (Å²) in [6, 6.07) is 13.4. The minimum atomic E-state index is -0.587. The number of hydrogen-bond donors (Lipinski definition) is 1. The molecule has 0 bridgehead atoms. The number of aryl methyl sites for hydroxylation is 1. The monoisotopic (exact) mass is 374 g/mol. The molecule has 0 amide bonds. The number of ether oxygens (including phenoxy) is 1. The number of Topliss-reactive ketones (excluding diaryl/α,β-unsaturated/α-hetero) is 1. The number of aliphatic hydroxyl groups excluding tert-OH is 1. The molecule has 3 nitrogen and oxygen atoms in total. The molecule has 0 aliphatic heterocycles. The zero-order chi connectivity index (χ0) is 16.4. The molecule has 2 atom stereocenters. The second-order valence-electron chi connectivity index (χ2n) is 5.82. The molecular weight excluding hydrogens is 356 g/mol. The van der Waals surface area contributed by atoms with E-state index in [1.54, 1.807) is 0 Å². The number of aliphatic hydroxyl groups is 1. The lowest BCUT2D eigenvalue weighted by molar-refractivity contribution is -0.119. The van der Waals surface area contributed by atoms with E-state index in [-0.39, 0.29) is 5.78 Å². The Morgan fingerprint density at radius 3 is 2.48 bits per heavy atom. The van der Waals surface area contributed by atoms with Crippen molar-refractivity contribution >= 4 is 21.7 Å². The van der Waals surface area contributed by atoms with Gasteiger partial charge in [-0.05, 0) is 60.4 Å². The van der Waals surface area contributed by atoms with Crippen LogP contribution < -0.4 is 4.74 Å². The van der Waals surface area contributed by atoms with Gasteiger partial charge in [-0.1, -0.05) is 28.9 Å². The highest BCUT2D eigenvalue weighted by atomic mass is 79.9. The van der Waals surface area contributed by atoms with E-state index in [4.69, 9.17) is 4.74 Å². The molecule has 0 aromatic heterocycles. The Hall–Kier alpha value is -1.65. The second kappa shape index (κ2) is 6.85. The number of benzene rings is 2. The predicted molar refractivity (Wildman–Crippen MR) is 93.0 cm³/mol. The second-order valence-corrected chi connectivity index (χ2v) is 6.74. The fraction of sp³-hybridized carbons (Fsp3) is 0.316. The van der Waals surface area contributed by atoms with E-state index >= 15 is 0 Å². The molecule has 0 radical (unpaired) electrons. The van der Waals surface area contributed by atoms with E-state index in [9.17, 15) is 9.90 Å². The molecule has 23 heavy (non-hydrogen) atoms. The topological polar surface area (TPSA) is 46.5 Å². The summed E-state index contributed by atoms with van der Waals surface area (Å²) < 4.78 is 6.88. The van der Waals surface area contributed by atoms with Crippen molar-refractivity contribution in [3.05, 3.63) is 58.1 Å². The third kappa shape index (κ3) is 3.48. The Kier molecular flexibility index (Phi) is 4.83. The van der Waals surface area contributed by atoms with Gasteiger partial charge >= 0.3 is 0 Å². The Morgan fingerprint density at radius 2 is 1.87 bits per heavy atom. The first-order valence-electron chi connectivity index (χ1n) is 7.85. The van der Waals surface area contributed by atoms with Crippen molar-refractivity contribution < 1.29 is 14.6 Å². The van der Waals surface area contributed by atoms with E-state index in [0.29, 0.717) is 18.6 Å². The lowest BCUT2D eigenvalue weighted by Gasteiger charge is -2.18. The summed E-state index contributed by atoms with van der Waals surface area (Å²) in [5, 5.41) is 10.2. The minimum absolute atomic E-state index is 0.119. The molecule has 2 unspecified atom stereocenters. The standard InChI is InChI=1S/C19H19BrO3/c1-2-12-3-6-15(23-14-7-4-13(20)5-8-14)11-16(12)19-17(21)9-10-18(19)22/h3-8,11,17,19,21H,2,9-10H2,1H3. The highest BCUT2D eigenvalue weighted by Gasteiger charge is 2.35. The van der Waals surface area contributed by atoms with Crippen molar-refractivity contribution in [3.8, 4) is 11.5 Å². The van der Waals surface area contributed by atoms with Crippen molar-refractivity contribution in [1.29, 1.82) is 0 Å². The maximum absolute atomic E-state index is 12.2. The van der Waals surface area contributed by atoms with Gasteiger partial charge in [0.2, 0.25) is 0 Å². The van der Waals surface area contributed by atoms with Gasteiger partial charge in [-0.3, -0.25) is 4.79 Å². The quantitative estimate of drug-likeness (QED) is 0.849. The van der Waals surface area contributed by atoms with Crippen LogP contribution in [-0.2, 0) is 11.2 Å². The first-order chi connectivity index (χ1) is 11.1. The van der Waals surface area contributed by atoms with Gasteiger partial charge in [-0.2, -0.15) is 0 Å². The first kappa shape index (κ1) is 16.2. The molecular formula is C19H19BrO3. The zero-order valence-corrected chi connectivity index (χ0v) is 14.5. The molecule has 1 N–H and O–H groups in total. The van der Waals surface area contributed by atoms with Crippen LogP contribution in [0.1, 0.15) is 36.8 Å². The summed E-state index contributed by atoms with van der Waals surface area (Å²) in [6.07, 6.45) is 1.23. The molecule has 1 aliphatic rings. The van der Waals surface area contributed by atoms with Gasteiger partial charge in [0.15, 0.2) is 0 Å². The molecule has 3 rings (SSSR count). The molecule has 0 saturated heterocycles. The van der Waals surface area contributed by atoms with Crippen LogP contribution >= 0.6 is 15.9 Å². The smallest absolute Gasteiger partial charge is 0.143 e. The highest BCUT2D eigenvalue weighted by Crippen LogP contribution is 2.36. The molecule has 4 heteroatoms. The lowest BCUT2D eigenvalue weighted by Crippen LogP contribution is -2.18. The van der Waals surface area contributed by atoms with Crippen LogP contribution in [0.25, 0.3) is 0 Å². The maximum atomic E-state index is 12.2. The highest BCUT2D eigenvalue weighted by molar-refractivity contribution is 9.10. The minimum Gasteiger partial charge on any atom is -0.457 e. The molecule has 1 fully saturated rings. The van der Waals surface area contributed by atoms with Crippen molar-refractivity contribution in [2.24, 2.45) is 0 Å². The van der Waals surface area contributed by atoms with Gasteiger partial charge in [0.25, 0.3) is 0 Å². The molecule has 120 valence electrons. The van der Waals surface area contributed by atoms with Gasteiger partial charge in [0.1, 0.15) is 17.3 Å². The zero-order valence-electron chi connectivity index (χ0n) is 13.0. The number of halogens is 1. The fourth-order valence-electron chi connectivity index (χ4n) is 3.09. The number of rotatable bonds is 4. The Labute approximate surface area is 144 Å². The van der Waals surface area contributed by atoms with Crippen molar-refractivity contribution in [3.63, 3.8) is 0 Å². The number of carbonyl (C=O) groups excluding carboxylic acids is 1. The van der Waals surface area contributed by atoms with Crippen LogP contribution in [0.3, 0.4) is 0 Å². The van der Waals surface area contributed by atoms with E-state index in [0.717, 1.165) is 27.8 Å². The van der Waals surface area contributed by atoms with Crippen LogP contribution in [0.15, 0.2) is 46.9 Å². The van der Waals surface area contributed by atoms with Gasteiger partial charge in [-0.25, -0.2) is 0 Å². The average Bonchev–Trinajstić information content (AvgIpc) is 2.88. The molecule has 1 saturated carbocycles. The van der Waals surface area contributed by atoms with Crippen LogP contribution in [-0.4, -0.2) is 17.0 Å². The van der Waals surface area contributed by atoms with E-state index in [1.165, 1.54) is 0 Å². The summed E-state index contributed by atoms with van der Waals surface area (Å²) in [5.74, 6) is 1.12. The summed E-state index contributed by atoms with van der Waals surface area (Å²) in [7, 11) is 0. The Balaban J connectivity index is 1.92. The van der Waals surface area contributed by atoms with Gasteiger partial charge in [-0.15, -0.1) is 0 Å². The van der Waals surface area contributed by atoms with Gasteiger partial charge < -0.3 is 9.84 Å². The normalized spacial score (nSPS) is 20.7. The molecule has 2 aromatic carbocycles. The summed E-state index contributed by atoms with van der Waals surface area (Å²) >= 11 is 3.40. The van der Waals surface area contributed by atoms with E-state index < -0.39 is 12.0 Å². The SMILES string of the molecule is CCc1ccc(Oc2ccc(Br)cc2)cc1C1C(=O)CCC1O.